The average molecular weight is 377 g/mol. The van der Waals surface area contributed by atoms with Gasteiger partial charge in [-0.05, 0) is 54.8 Å². The zero-order chi connectivity index (χ0) is 17.3. The Morgan fingerprint density at radius 3 is 2.71 bits per heavy atom. The molecule has 1 heterocycles. The van der Waals surface area contributed by atoms with Gasteiger partial charge >= 0.3 is 0 Å². The molecule has 0 fully saturated rings. The number of aryl methyl sites for hydroxylation is 2. The topological polar surface area (TPSA) is 42.0 Å². The number of amides is 1. The molecular weight excluding hydrogens is 363 g/mol. The van der Waals surface area contributed by atoms with E-state index in [1.165, 1.54) is 23.0 Å². The number of nitrogens with one attached hydrogen (secondary N) is 1. The highest BCUT2D eigenvalue weighted by Crippen LogP contribution is 2.29. The van der Waals surface area contributed by atoms with E-state index in [4.69, 9.17) is 23.2 Å². The van der Waals surface area contributed by atoms with Crippen molar-refractivity contribution in [2.45, 2.75) is 13.8 Å². The Morgan fingerprint density at radius 1 is 1.17 bits per heavy atom. The van der Waals surface area contributed by atoms with Crippen LogP contribution in [0.25, 0.3) is 16.3 Å². The molecule has 0 unspecified atom stereocenters. The van der Waals surface area contributed by atoms with Gasteiger partial charge < -0.3 is 0 Å². The van der Waals surface area contributed by atoms with Crippen molar-refractivity contribution in [2.75, 3.05) is 5.32 Å². The molecule has 122 valence electrons. The number of anilines is 1. The first-order chi connectivity index (χ1) is 11.4. The summed E-state index contributed by atoms with van der Waals surface area (Å²) in [5.74, 6) is -0.241. The summed E-state index contributed by atoms with van der Waals surface area (Å²) in [6.45, 7) is 4.08. The number of aromatic nitrogens is 1. The van der Waals surface area contributed by atoms with Gasteiger partial charge in [-0.15, -0.1) is 0 Å². The molecule has 0 bridgehead atoms. The van der Waals surface area contributed by atoms with Crippen LogP contribution in [-0.4, -0.2) is 10.9 Å². The Kier molecular flexibility index (Phi) is 4.90. The van der Waals surface area contributed by atoms with Crippen LogP contribution in [0.3, 0.4) is 0 Å². The van der Waals surface area contributed by atoms with Crippen LogP contribution < -0.4 is 5.32 Å². The lowest BCUT2D eigenvalue weighted by molar-refractivity contribution is -0.111. The van der Waals surface area contributed by atoms with Gasteiger partial charge in [-0.25, -0.2) is 4.98 Å². The molecule has 1 aromatic heterocycles. The van der Waals surface area contributed by atoms with Crippen molar-refractivity contribution in [1.82, 2.24) is 4.98 Å². The summed E-state index contributed by atoms with van der Waals surface area (Å²) in [5, 5.41) is 4.32. The highest BCUT2D eigenvalue weighted by molar-refractivity contribution is 7.22. The molecule has 1 N–H and O–H groups in total. The third kappa shape index (κ3) is 3.61. The van der Waals surface area contributed by atoms with Crippen LogP contribution in [0.5, 0.6) is 0 Å². The quantitative estimate of drug-likeness (QED) is 0.580. The Morgan fingerprint density at radius 2 is 1.96 bits per heavy atom. The minimum atomic E-state index is -0.241. The predicted molar refractivity (Wildman–Crippen MR) is 103 cm³/mol. The van der Waals surface area contributed by atoms with Crippen LogP contribution in [-0.2, 0) is 4.79 Å². The molecule has 6 heteroatoms. The SMILES string of the molecule is Cc1ccc2sc(NC(=O)/C=C/c3ccc(Cl)c(Cl)c3)nc2c1C. The van der Waals surface area contributed by atoms with Crippen molar-refractivity contribution in [3.63, 3.8) is 0 Å². The summed E-state index contributed by atoms with van der Waals surface area (Å²) in [5.41, 5.74) is 4.06. The van der Waals surface area contributed by atoms with Gasteiger partial charge in [-0.2, -0.15) is 0 Å². The summed E-state index contributed by atoms with van der Waals surface area (Å²) in [7, 11) is 0. The van der Waals surface area contributed by atoms with E-state index in [0.29, 0.717) is 15.2 Å². The van der Waals surface area contributed by atoms with Crippen LogP contribution in [0.1, 0.15) is 16.7 Å². The first-order valence-corrected chi connectivity index (χ1v) is 8.82. The molecule has 2 aromatic carbocycles. The van der Waals surface area contributed by atoms with Gasteiger partial charge in [0.1, 0.15) is 0 Å². The first-order valence-electron chi connectivity index (χ1n) is 7.25. The second-order valence-electron chi connectivity index (χ2n) is 5.37. The molecule has 3 nitrogen and oxygen atoms in total. The largest absolute Gasteiger partial charge is 0.298 e. The highest BCUT2D eigenvalue weighted by Gasteiger charge is 2.09. The van der Waals surface area contributed by atoms with Crippen LogP contribution >= 0.6 is 34.5 Å². The standard InChI is InChI=1S/C18H14Cl2N2OS/c1-10-3-7-15-17(11(10)2)22-18(24-15)21-16(23)8-5-12-4-6-13(19)14(20)9-12/h3-9H,1-2H3,(H,21,22,23)/b8-5+. The second-order valence-corrected chi connectivity index (χ2v) is 7.21. The maximum Gasteiger partial charge on any atom is 0.250 e. The average Bonchev–Trinajstić information content (AvgIpc) is 2.95. The third-order valence-corrected chi connectivity index (χ3v) is 5.36. The number of hydrogen-bond acceptors (Lipinski definition) is 3. The summed E-state index contributed by atoms with van der Waals surface area (Å²) < 4.78 is 1.06. The van der Waals surface area contributed by atoms with Crippen LogP contribution in [0.4, 0.5) is 5.13 Å². The van der Waals surface area contributed by atoms with Crippen LogP contribution in [0.2, 0.25) is 10.0 Å². The number of thiazole rings is 1. The van der Waals surface area contributed by atoms with Gasteiger partial charge in [0.25, 0.3) is 0 Å². The molecule has 0 aliphatic carbocycles. The molecule has 3 rings (SSSR count). The van der Waals surface area contributed by atoms with E-state index in [-0.39, 0.29) is 5.91 Å². The number of hydrogen-bond donors (Lipinski definition) is 1. The first kappa shape index (κ1) is 17.0. The van der Waals surface area contributed by atoms with E-state index < -0.39 is 0 Å². The minimum Gasteiger partial charge on any atom is -0.298 e. The lowest BCUT2D eigenvalue weighted by atomic mass is 10.1. The zero-order valence-corrected chi connectivity index (χ0v) is 15.4. The van der Waals surface area contributed by atoms with Gasteiger partial charge in [-0.3, -0.25) is 10.1 Å². The van der Waals surface area contributed by atoms with E-state index >= 15 is 0 Å². The molecule has 0 spiro atoms. The highest BCUT2D eigenvalue weighted by atomic mass is 35.5. The molecule has 0 aliphatic rings. The van der Waals surface area contributed by atoms with Gasteiger partial charge in [0.15, 0.2) is 5.13 Å². The molecular formula is C18H14Cl2N2OS. The van der Waals surface area contributed by atoms with Crippen molar-refractivity contribution >= 4 is 61.9 Å². The summed E-state index contributed by atoms with van der Waals surface area (Å²) in [6, 6.07) is 9.28. The van der Waals surface area contributed by atoms with E-state index in [2.05, 4.69) is 16.4 Å². The summed E-state index contributed by atoms with van der Waals surface area (Å²) in [4.78, 5) is 16.6. The molecule has 0 aliphatic heterocycles. The molecule has 3 aromatic rings. The van der Waals surface area contributed by atoms with Crippen molar-refractivity contribution in [3.05, 3.63) is 63.1 Å². The Bertz CT molecular complexity index is 963. The van der Waals surface area contributed by atoms with Gasteiger partial charge in [0, 0.05) is 6.08 Å². The predicted octanol–water partition coefficient (Wildman–Crippen LogP) is 5.87. The number of halogens is 2. The minimum absolute atomic E-state index is 0.241. The van der Waals surface area contributed by atoms with Crippen LogP contribution in [0.15, 0.2) is 36.4 Å². The fraction of sp³-hybridized carbons (Fsp3) is 0.111. The maximum atomic E-state index is 12.1. The second kappa shape index (κ2) is 6.93. The molecule has 0 atom stereocenters. The summed E-state index contributed by atoms with van der Waals surface area (Å²) >= 11 is 13.3. The molecule has 0 radical (unpaired) electrons. The van der Waals surface area contributed by atoms with Crippen molar-refractivity contribution in [3.8, 4) is 0 Å². The third-order valence-electron chi connectivity index (χ3n) is 3.69. The van der Waals surface area contributed by atoms with Crippen molar-refractivity contribution < 1.29 is 4.79 Å². The van der Waals surface area contributed by atoms with Crippen molar-refractivity contribution in [1.29, 1.82) is 0 Å². The lowest BCUT2D eigenvalue weighted by Crippen LogP contribution is -2.07. The fourth-order valence-electron chi connectivity index (χ4n) is 2.21. The maximum absolute atomic E-state index is 12.1. The number of carbonyl (C=O) groups is 1. The number of nitrogens with zero attached hydrogens (tertiary/aromatic N) is 1. The summed E-state index contributed by atoms with van der Waals surface area (Å²) in [6.07, 6.45) is 3.13. The number of rotatable bonds is 3. The Labute approximate surface area is 153 Å². The van der Waals surface area contributed by atoms with Gasteiger partial charge in [0.2, 0.25) is 5.91 Å². The monoisotopic (exact) mass is 376 g/mol. The number of carbonyl (C=O) groups excluding carboxylic acids is 1. The van der Waals surface area contributed by atoms with Gasteiger partial charge in [0.05, 0.1) is 20.3 Å². The number of fused-ring (bicyclic) bond motifs is 1. The van der Waals surface area contributed by atoms with E-state index in [9.17, 15) is 4.79 Å². The van der Waals surface area contributed by atoms with Crippen LogP contribution in [0, 0.1) is 13.8 Å². The smallest absolute Gasteiger partial charge is 0.250 e. The van der Waals surface area contributed by atoms with E-state index in [1.807, 2.05) is 19.9 Å². The van der Waals surface area contributed by atoms with E-state index in [0.717, 1.165) is 21.3 Å². The normalized spacial score (nSPS) is 11.3. The molecule has 1 amide bonds. The molecule has 24 heavy (non-hydrogen) atoms. The Hall–Kier alpha value is -1.88. The molecule has 0 saturated carbocycles. The van der Waals surface area contributed by atoms with Gasteiger partial charge in [-0.1, -0.05) is 46.7 Å². The van der Waals surface area contributed by atoms with Crippen molar-refractivity contribution in [2.24, 2.45) is 0 Å². The van der Waals surface area contributed by atoms with E-state index in [1.54, 1.807) is 24.3 Å². The molecule has 0 saturated heterocycles. The zero-order valence-electron chi connectivity index (χ0n) is 13.1. The Balaban J connectivity index is 1.76. The lowest BCUT2D eigenvalue weighted by Gasteiger charge is -1.99. The number of benzene rings is 2. The fourth-order valence-corrected chi connectivity index (χ4v) is 3.45.